The molecule has 3 aliphatic rings. The number of morpholine rings is 1. The third kappa shape index (κ3) is 7.27. The summed E-state index contributed by atoms with van der Waals surface area (Å²) in [5.41, 5.74) is 0.212. The molecule has 0 unspecified atom stereocenters. The van der Waals surface area contributed by atoms with Gasteiger partial charge in [0.05, 0.1) is 19.8 Å². The molecule has 2 aliphatic heterocycles. The summed E-state index contributed by atoms with van der Waals surface area (Å²) in [4.78, 5) is 7.75. The summed E-state index contributed by atoms with van der Waals surface area (Å²) >= 11 is 0. The summed E-state index contributed by atoms with van der Waals surface area (Å²) in [5.74, 6) is 3.28. The Balaban J connectivity index is 0.00000306. The number of aliphatic imine (C=N–C) groups is 1. The second-order valence-corrected chi connectivity index (χ2v) is 9.60. The van der Waals surface area contributed by atoms with Crippen LogP contribution in [-0.2, 0) is 24.1 Å². The summed E-state index contributed by atoms with van der Waals surface area (Å²) < 4.78 is 7.99. The van der Waals surface area contributed by atoms with E-state index in [4.69, 9.17) is 9.73 Å². The van der Waals surface area contributed by atoms with Crippen LogP contribution in [-0.4, -0.2) is 77.1 Å². The summed E-state index contributed by atoms with van der Waals surface area (Å²) in [6.45, 7) is 9.68. The van der Waals surface area contributed by atoms with Crippen LogP contribution in [0, 0.1) is 0 Å². The molecule has 2 fully saturated rings. The summed E-state index contributed by atoms with van der Waals surface area (Å²) in [7, 11) is 0. The molecule has 0 spiro atoms. The maximum absolute atomic E-state index is 5.62. The maximum Gasteiger partial charge on any atom is 0.191 e. The van der Waals surface area contributed by atoms with Crippen molar-refractivity contribution in [2.24, 2.45) is 4.99 Å². The van der Waals surface area contributed by atoms with Crippen LogP contribution in [0.2, 0.25) is 0 Å². The minimum atomic E-state index is 0. The molecule has 0 amide bonds. The second kappa shape index (κ2) is 13.8. The van der Waals surface area contributed by atoms with Crippen LogP contribution in [0.25, 0.3) is 0 Å². The van der Waals surface area contributed by atoms with Crippen molar-refractivity contribution in [3.05, 3.63) is 11.6 Å². The number of nitrogens with one attached hydrogen (secondary N) is 2. The Morgan fingerprint density at radius 1 is 1.00 bits per heavy atom. The van der Waals surface area contributed by atoms with Crippen LogP contribution in [0.4, 0.5) is 0 Å². The molecule has 0 aromatic carbocycles. The first-order valence-electron chi connectivity index (χ1n) is 13.1. The Bertz CT molecular complexity index is 726. The normalized spacial score (nSPS) is 21.5. The molecule has 1 saturated carbocycles. The van der Waals surface area contributed by atoms with E-state index in [1.54, 1.807) is 0 Å². The van der Waals surface area contributed by atoms with E-state index < -0.39 is 0 Å². The van der Waals surface area contributed by atoms with Crippen molar-refractivity contribution >= 4 is 29.9 Å². The second-order valence-electron chi connectivity index (χ2n) is 9.60. The number of guanidine groups is 1. The third-order valence-electron chi connectivity index (χ3n) is 7.40. The van der Waals surface area contributed by atoms with Gasteiger partial charge < -0.3 is 19.9 Å². The molecule has 1 aromatic rings. The molecule has 3 heterocycles. The van der Waals surface area contributed by atoms with Gasteiger partial charge in [-0.15, -0.1) is 34.2 Å². The van der Waals surface area contributed by atoms with Crippen molar-refractivity contribution in [3.63, 3.8) is 0 Å². The molecule has 33 heavy (non-hydrogen) atoms. The molecular weight excluding hydrogens is 529 g/mol. The van der Waals surface area contributed by atoms with Gasteiger partial charge in [-0.2, -0.15) is 0 Å². The summed E-state index contributed by atoms with van der Waals surface area (Å²) in [6.07, 6.45) is 13.4. The standard InChI is InChI=1S/C24H43N7O.HI/c1-2-25-23(26-14-9-11-22-29-28-21-10-5-3-8-15-31(21)22)27-20-24(12-6-4-7-13-24)30-16-18-32-19-17-30;/h2-20H2,1H3,(H2,25,26,27);1H. The highest BCUT2D eigenvalue weighted by Gasteiger charge is 2.38. The van der Waals surface area contributed by atoms with Gasteiger partial charge in [-0.3, -0.25) is 9.89 Å². The fourth-order valence-corrected chi connectivity index (χ4v) is 5.57. The number of rotatable bonds is 8. The first kappa shape index (κ1) is 26.7. The number of nitrogens with zero attached hydrogens (tertiary/aromatic N) is 5. The molecule has 1 saturated heterocycles. The fourth-order valence-electron chi connectivity index (χ4n) is 5.57. The van der Waals surface area contributed by atoms with E-state index in [-0.39, 0.29) is 29.5 Å². The van der Waals surface area contributed by atoms with E-state index in [1.807, 2.05) is 0 Å². The van der Waals surface area contributed by atoms with Crippen molar-refractivity contribution in [1.29, 1.82) is 0 Å². The Morgan fingerprint density at radius 3 is 2.58 bits per heavy atom. The van der Waals surface area contributed by atoms with Gasteiger partial charge in [0.25, 0.3) is 0 Å². The lowest BCUT2D eigenvalue weighted by Crippen LogP contribution is -2.56. The number of aryl methyl sites for hydroxylation is 2. The van der Waals surface area contributed by atoms with Crippen LogP contribution in [0.1, 0.15) is 76.4 Å². The van der Waals surface area contributed by atoms with E-state index in [0.29, 0.717) is 0 Å². The van der Waals surface area contributed by atoms with Gasteiger partial charge >= 0.3 is 0 Å². The first-order chi connectivity index (χ1) is 15.8. The van der Waals surface area contributed by atoms with E-state index in [9.17, 15) is 0 Å². The van der Waals surface area contributed by atoms with E-state index in [1.165, 1.54) is 57.2 Å². The van der Waals surface area contributed by atoms with Crippen molar-refractivity contribution in [2.75, 3.05) is 45.9 Å². The lowest BCUT2D eigenvalue weighted by Gasteiger charge is -2.47. The molecule has 0 bridgehead atoms. The van der Waals surface area contributed by atoms with E-state index in [0.717, 1.165) is 83.5 Å². The molecule has 8 nitrogen and oxygen atoms in total. The Labute approximate surface area is 216 Å². The molecule has 188 valence electrons. The van der Waals surface area contributed by atoms with Crippen molar-refractivity contribution in [1.82, 2.24) is 30.3 Å². The molecule has 4 rings (SSSR count). The molecule has 1 aromatic heterocycles. The monoisotopic (exact) mass is 573 g/mol. The Morgan fingerprint density at radius 2 is 1.79 bits per heavy atom. The predicted molar refractivity (Wildman–Crippen MR) is 144 cm³/mol. The minimum absolute atomic E-state index is 0. The minimum Gasteiger partial charge on any atom is -0.379 e. The van der Waals surface area contributed by atoms with Crippen LogP contribution in [0.5, 0.6) is 0 Å². The highest BCUT2D eigenvalue weighted by molar-refractivity contribution is 14.0. The maximum atomic E-state index is 5.62. The number of hydrogen-bond acceptors (Lipinski definition) is 5. The van der Waals surface area contributed by atoms with Crippen molar-refractivity contribution in [3.8, 4) is 0 Å². The molecule has 2 N–H and O–H groups in total. The van der Waals surface area contributed by atoms with Crippen LogP contribution in [0.15, 0.2) is 4.99 Å². The quantitative estimate of drug-likeness (QED) is 0.215. The highest BCUT2D eigenvalue weighted by atomic mass is 127. The third-order valence-corrected chi connectivity index (χ3v) is 7.40. The molecular formula is C24H44IN7O. The zero-order valence-electron chi connectivity index (χ0n) is 20.5. The van der Waals surface area contributed by atoms with Gasteiger partial charge in [-0.05, 0) is 39.0 Å². The number of ether oxygens (including phenoxy) is 1. The number of halogens is 1. The summed E-state index contributed by atoms with van der Waals surface area (Å²) in [6, 6.07) is 0. The van der Waals surface area contributed by atoms with Gasteiger partial charge in [0, 0.05) is 51.1 Å². The van der Waals surface area contributed by atoms with Crippen molar-refractivity contribution in [2.45, 2.75) is 89.6 Å². The van der Waals surface area contributed by atoms with Crippen LogP contribution >= 0.6 is 24.0 Å². The SMILES string of the molecule is CCNC(=NCC1(N2CCOCC2)CCCCC1)NCCCc1nnc2n1CCCCC2.I. The topological polar surface area (TPSA) is 79.6 Å². The molecule has 0 radical (unpaired) electrons. The number of aromatic nitrogens is 3. The predicted octanol–water partition coefficient (Wildman–Crippen LogP) is 3.15. The van der Waals surface area contributed by atoms with E-state index >= 15 is 0 Å². The van der Waals surface area contributed by atoms with Crippen LogP contribution < -0.4 is 10.6 Å². The zero-order chi connectivity index (χ0) is 22.1. The average Bonchev–Trinajstić information content (AvgIpc) is 3.07. The van der Waals surface area contributed by atoms with Gasteiger partial charge in [0.1, 0.15) is 11.6 Å². The Kier molecular flexibility index (Phi) is 11.2. The fraction of sp³-hybridized carbons (Fsp3) is 0.875. The Hall–Kier alpha value is -0.940. The van der Waals surface area contributed by atoms with Gasteiger partial charge in [0.15, 0.2) is 5.96 Å². The smallest absolute Gasteiger partial charge is 0.191 e. The van der Waals surface area contributed by atoms with Gasteiger partial charge in [-0.25, -0.2) is 0 Å². The average molecular weight is 574 g/mol. The highest BCUT2D eigenvalue weighted by Crippen LogP contribution is 2.34. The first-order valence-corrected chi connectivity index (χ1v) is 13.1. The molecule has 1 aliphatic carbocycles. The van der Waals surface area contributed by atoms with Crippen molar-refractivity contribution < 1.29 is 4.74 Å². The lowest BCUT2D eigenvalue weighted by atomic mass is 9.80. The van der Waals surface area contributed by atoms with Gasteiger partial charge in [0.2, 0.25) is 0 Å². The van der Waals surface area contributed by atoms with E-state index in [2.05, 4.69) is 37.2 Å². The zero-order valence-corrected chi connectivity index (χ0v) is 22.8. The van der Waals surface area contributed by atoms with Crippen LogP contribution in [0.3, 0.4) is 0 Å². The van der Waals surface area contributed by atoms with Gasteiger partial charge in [-0.1, -0.05) is 25.7 Å². The lowest BCUT2D eigenvalue weighted by molar-refractivity contribution is -0.0333. The largest absolute Gasteiger partial charge is 0.379 e. The molecule has 9 heteroatoms. The summed E-state index contributed by atoms with van der Waals surface area (Å²) in [5, 5.41) is 15.9. The number of fused-ring (bicyclic) bond motifs is 1. The molecule has 0 atom stereocenters. The number of hydrogen-bond donors (Lipinski definition) is 2.